The van der Waals surface area contributed by atoms with Crippen LogP contribution in [0.2, 0.25) is 0 Å². The molecule has 4 nitrogen and oxygen atoms in total. The molecule has 1 saturated carbocycles. The molecule has 0 unspecified atom stereocenters. The molecule has 0 aromatic carbocycles. The van der Waals surface area contributed by atoms with Crippen molar-refractivity contribution >= 4 is 11.9 Å². The Bertz CT molecular complexity index is 211. The van der Waals surface area contributed by atoms with E-state index in [-0.39, 0.29) is 11.8 Å². The molecule has 1 atom stereocenters. The fraction of sp³-hybridized carbons (Fsp3) is 0.778. The summed E-state index contributed by atoms with van der Waals surface area (Å²) in [6.45, 7) is 1.90. The topological polar surface area (TPSA) is 66.4 Å². The molecule has 0 aliphatic heterocycles. The van der Waals surface area contributed by atoms with Gasteiger partial charge in [0.15, 0.2) is 0 Å². The number of hydrogen-bond acceptors (Lipinski definition) is 2. The van der Waals surface area contributed by atoms with Crippen LogP contribution in [0.25, 0.3) is 0 Å². The van der Waals surface area contributed by atoms with Crippen LogP contribution >= 0.6 is 0 Å². The van der Waals surface area contributed by atoms with Crippen molar-refractivity contribution in [3.05, 3.63) is 0 Å². The number of carbonyl (C=O) groups is 2. The van der Waals surface area contributed by atoms with Crippen molar-refractivity contribution in [3.63, 3.8) is 0 Å². The molecule has 1 amide bonds. The summed E-state index contributed by atoms with van der Waals surface area (Å²) in [6.07, 6.45) is 3.09. The molecule has 0 heterocycles. The van der Waals surface area contributed by atoms with E-state index in [0.717, 1.165) is 19.3 Å². The molecule has 0 aromatic heterocycles. The van der Waals surface area contributed by atoms with Gasteiger partial charge < -0.3 is 10.4 Å². The fourth-order valence-electron chi connectivity index (χ4n) is 1.18. The van der Waals surface area contributed by atoms with Crippen LogP contribution in [0, 0.1) is 5.92 Å². The first-order chi connectivity index (χ1) is 6.15. The van der Waals surface area contributed by atoms with E-state index in [4.69, 9.17) is 5.11 Å². The summed E-state index contributed by atoms with van der Waals surface area (Å²) in [7, 11) is 0. The minimum atomic E-state index is -0.934. The van der Waals surface area contributed by atoms with E-state index in [1.165, 1.54) is 0 Å². The van der Waals surface area contributed by atoms with E-state index >= 15 is 0 Å². The minimum Gasteiger partial charge on any atom is -0.480 e. The van der Waals surface area contributed by atoms with Gasteiger partial charge in [0.25, 0.3) is 0 Å². The third kappa shape index (κ3) is 3.05. The highest BCUT2D eigenvalue weighted by molar-refractivity contribution is 5.86. The summed E-state index contributed by atoms with van der Waals surface area (Å²) in [5, 5.41) is 11.3. The predicted molar refractivity (Wildman–Crippen MR) is 47.2 cm³/mol. The second-order valence-electron chi connectivity index (χ2n) is 3.46. The Morgan fingerprint density at radius 3 is 2.54 bits per heavy atom. The molecule has 0 spiro atoms. The molecule has 74 valence electrons. The van der Waals surface area contributed by atoms with Gasteiger partial charge in [-0.25, -0.2) is 4.79 Å². The zero-order valence-electron chi connectivity index (χ0n) is 7.75. The average molecular weight is 185 g/mol. The summed E-state index contributed by atoms with van der Waals surface area (Å²) >= 11 is 0. The molecule has 0 aromatic rings. The molecule has 1 rings (SSSR count). The number of carboxylic acid groups (broad SMARTS) is 1. The molecule has 0 radical (unpaired) electrons. The van der Waals surface area contributed by atoms with Crippen molar-refractivity contribution < 1.29 is 14.7 Å². The highest BCUT2D eigenvalue weighted by Crippen LogP contribution is 2.28. The highest BCUT2D eigenvalue weighted by atomic mass is 16.4. The smallest absolute Gasteiger partial charge is 0.326 e. The van der Waals surface area contributed by atoms with Crippen LogP contribution in [0.1, 0.15) is 32.6 Å². The molecular formula is C9H15NO3. The Hall–Kier alpha value is -1.06. The van der Waals surface area contributed by atoms with Crippen molar-refractivity contribution in [1.29, 1.82) is 0 Å². The van der Waals surface area contributed by atoms with Crippen LogP contribution in [0.4, 0.5) is 0 Å². The number of nitrogens with one attached hydrogen (secondary N) is 1. The number of aliphatic carboxylic acids is 1. The first-order valence-corrected chi connectivity index (χ1v) is 4.68. The summed E-state index contributed by atoms with van der Waals surface area (Å²) in [4.78, 5) is 21.9. The van der Waals surface area contributed by atoms with E-state index < -0.39 is 12.0 Å². The van der Waals surface area contributed by atoms with E-state index in [1.807, 2.05) is 6.92 Å². The lowest BCUT2D eigenvalue weighted by Crippen LogP contribution is -2.41. The van der Waals surface area contributed by atoms with Crippen LogP contribution < -0.4 is 5.32 Å². The molecule has 1 aliphatic rings. The lowest BCUT2D eigenvalue weighted by atomic mass is 10.1. The van der Waals surface area contributed by atoms with Gasteiger partial charge in [-0.2, -0.15) is 0 Å². The maximum atomic E-state index is 11.2. The van der Waals surface area contributed by atoms with Crippen molar-refractivity contribution in [2.24, 2.45) is 5.92 Å². The Morgan fingerprint density at radius 2 is 2.15 bits per heavy atom. The lowest BCUT2D eigenvalue weighted by Gasteiger charge is -2.12. The SMILES string of the molecule is CCC[C@@H](NC(=O)C1CC1)C(=O)O. The van der Waals surface area contributed by atoms with E-state index in [1.54, 1.807) is 0 Å². The zero-order valence-corrected chi connectivity index (χ0v) is 7.75. The molecular weight excluding hydrogens is 170 g/mol. The Kier molecular flexibility index (Phi) is 3.28. The molecule has 2 N–H and O–H groups in total. The molecule has 1 fully saturated rings. The normalized spacial score (nSPS) is 17.9. The third-order valence-electron chi connectivity index (χ3n) is 2.14. The Labute approximate surface area is 77.3 Å². The standard InChI is InChI=1S/C9H15NO3/c1-2-3-7(9(12)13)10-8(11)6-4-5-6/h6-7H,2-5H2,1H3,(H,10,11)(H,12,13)/t7-/m1/s1. The van der Waals surface area contributed by atoms with E-state index in [2.05, 4.69) is 5.32 Å². The van der Waals surface area contributed by atoms with Gasteiger partial charge >= 0.3 is 5.97 Å². The van der Waals surface area contributed by atoms with Crippen LogP contribution in [-0.4, -0.2) is 23.0 Å². The molecule has 0 bridgehead atoms. The van der Waals surface area contributed by atoms with Crippen LogP contribution in [-0.2, 0) is 9.59 Å². The minimum absolute atomic E-state index is 0.0821. The van der Waals surface area contributed by atoms with Crippen molar-refractivity contribution in [3.8, 4) is 0 Å². The summed E-state index contributed by atoms with van der Waals surface area (Å²) in [5.41, 5.74) is 0. The Balaban J connectivity index is 2.36. The van der Waals surface area contributed by atoms with Crippen LogP contribution in [0.3, 0.4) is 0 Å². The number of rotatable bonds is 5. The van der Waals surface area contributed by atoms with Crippen molar-refractivity contribution in [2.45, 2.75) is 38.6 Å². The van der Waals surface area contributed by atoms with Gasteiger partial charge in [-0.1, -0.05) is 13.3 Å². The predicted octanol–water partition coefficient (Wildman–Crippen LogP) is 0.766. The summed E-state index contributed by atoms with van der Waals surface area (Å²) in [6, 6.07) is -0.696. The number of carbonyl (C=O) groups excluding carboxylic acids is 1. The summed E-state index contributed by atoms with van der Waals surface area (Å²) in [5.74, 6) is -0.949. The summed E-state index contributed by atoms with van der Waals surface area (Å²) < 4.78 is 0. The fourth-order valence-corrected chi connectivity index (χ4v) is 1.18. The average Bonchev–Trinajstić information content (AvgIpc) is 2.85. The van der Waals surface area contributed by atoms with Gasteiger partial charge in [0.1, 0.15) is 6.04 Å². The molecule has 4 heteroatoms. The van der Waals surface area contributed by atoms with Crippen LogP contribution in [0.5, 0.6) is 0 Å². The van der Waals surface area contributed by atoms with Gasteiger partial charge in [0.05, 0.1) is 0 Å². The second-order valence-corrected chi connectivity index (χ2v) is 3.46. The number of hydrogen-bond donors (Lipinski definition) is 2. The maximum Gasteiger partial charge on any atom is 0.326 e. The van der Waals surface area contributed by atoms with E-state index in [0.29, 0.717) is 6.42 Å². The number of amides is 1. The van der Waals surface area contributed by atoms with Gasteiger partial charge in [0, 0.05) is 5.92 Å². The van der Waals surface area contributed by atoms with Crippen molar-refractivity contribution in [2.75, 3.05) is 0 Å². The first kappa shape index (κ1) is 10.0. The van der Waals surface area contributed by atoms with Gasteiger partial charge in [-0.05, 0) is 19.3 Å². The molecule has 13 heavy (non-hydrogen) atoms. The monoisotopic (exact) mass is 185 g/mol. The lowest BCUT2D eigenvalue weighted by molar-refractivity contribution is -0.142. The second kappa shape index (κ2) is 4.25. The quantitative estimate of drug-likeness (QED) is 0.664. The molecule has 1 aliphatic carbocycles. The first-order valence-electron chi connectivity index (χ1n) is 4.68. The number of carboxylic acids is 1. The third-order valence-corrected chi connectivity index (χ3v) is 2.14. The van der Waals surface area contributed by atoms with Gasteiger partial charge in [-0.3, -0.25) is 4.79 Å². The zero-order chi connectivity index (χ0) is 9.84. The van der Waals surface area contributed by atoms with Crippen LogP contribution in [0.15, 0.2) is 0 Å². The molecule has 0 saturated heterocycles. The van der Waals surface area contributed by atoms with Crippen molar-refractivity contribution in [1.82, 2.24) is 5.32 Å². The van der Waals surface area contributed by atoms with Gasteiger partial charge in [-0.15, -0.1) is 0 Å². The van der Waals surface area contributed by atoms with Gasteiger partial charge in [0.2, 0.25) is 5.91 Å². The Morgan fingerprint density at radius 1 is 1.54 bits per heavy atom. The highest BCUT2D eigenvalue weighted by Gasteiger charge is 2.32. The van der Waals surface area contributed by atoms with E-state index in [9.17, 15) is 9.59 Å². The largest absolute Gasteiger partial charge is 0.480 e. The maximum absolute atomic E-state index is 11.2.